The highest BCUT2D eigenvalue weighted by Gasteiger charge is 2.19. The van der Waals surface area contributed by atoms with E-state index in [2.05, 4.69) is 15.5 Å². The van der Waals surface area contributed by atoms with E-state index in [-0.39, 0.29) is 11.2 Å². The highest BCUT2D eigenvalue weighted by atomic mass is 32.2. The van der Waals surface area contributed by atoms with E-state index >= 15 is 0 Å². The van der Waals surface area contributed by atoms with Gasteiger partial charge in [0.2, 0.25) is 5.91 Å². The van der Waals surface area contributed by atoms with Crippen LogP contribution in [0.3, 0.4) is 0 Å². The van der Waals surface area contributed by atoms with E-state index in [0.29, 0.717) is 11.8 Å². The topological polar surface area (TPSA) is 69.0 Å². The lowest BCUT2D eigenvalue weighted by molar-refractivity contribution is -0.115. The van der Waals surface area contributed by atoms with Crippen LogP contribution in [0.4, 0.5) is 5.69 Å². The van der Waals surface area contributed by atoms with Crippen molar-refractivity contribution in [2.75, 3.05) is 5.32 Å². The van der Waals surface area contributed by atoms with Crippen molar-refractivity contribution in [2.45, 2.75) is 23.9 Å². The number of nitrogens with zero attached hydrogens (tertiary/aromatic N) is 3. The van der Waals surface area contributed by atoms with Gasteiger partial charge in [-0.3, -0.25) is 4.79 Å². The van der Waals surface area contributed by atoms with Crippen LogP contribution in [0.15, 0.2) is 90.1 Å². The summed E-state index contributed by atoms with van der Waals surface area (Å²) in [7, 11) is 1.91. The van der Waals surface area contributed by atoms with Crippen LogP contribution in [0.1, 0.15) is 12.5 Å². The van der Waals surface area contributed by atoms with Crippen molar-refractivity contribution in [3.05, 3.63) is 90.5 Å². The van der Waals surface area contributed by atoms with Crippen molar-refractivity contribution < 1.29 is 9.53 Å². The largest absolute Gasteiger partial charge is 0.489 e. The van der Waals surface area contributed by atoms with Crippen LogP contribution in [-0.4, -0.2) is 25.9 Å². The number of aromatic nitrogens is 3. The van der Waals surface area contributed by atoms with E-state index in [1.54, 1.807) is 0 Å². The van der Waals surface area contributed by atoms with E-state index in [9.17, 15) is 4.79 Å². The summed E-state index contributed by atoms with van der Waals surface area (Å²) < 4.78 is 7.70. The van der Waals surface area contributed by atoms with Gasteiger partial charge in [0.25, 0.3) is 0 Å². The van der Waals surface area contributed by atoms with Gasteiger partial charge in [0, 0.05) is 18.3 Å². The SMILES string of the molecule is CC(Sc1nnc(-c2ccccc2)n1C)C(=O)Nc1ccc(OCc2ccccc2)cc1. The van der Waals surface area contributed by atoms with Crippen molar-refractivity contribution in [3.63, 3.8) is 0 Å². The average molecular weight is 445 g/mol. The maximum Gasteiger partial charge on any atom is 0.237 e. The smallest absolute Gasteiger partial charge is 0.237 e. The van der Waals surface area contributed by atoms with Gasteiger partial charge in [-0.05, 0) is 36.8 Å². The van der Waals surface area contributed by atoms with Crippen molar-refractivity contribution in [1.29, 1.82) is 0 Å². The Labute approximate surface area is 191 Å². The first kappa shape index (κ1) is 21.6. The van der Waals surface area contributed by atoms with E-state index in [1.165, 1.54) is 11.8 Å². The Bertz CT molecular complexity index is 1160. The molecule has 4 rings (SSSR count). The molecule has 0 aliphatic carbocycles. The molecule has 0 bridgehead atoms. The van der Waals surface area contributed by atoms with Crippen molar-refractivity contribution in [3.8, 4) is 17.1 Å². The lowest BCUT2D eigenvalue weighted by Crippen LogP contribution is -2.22. The molecule has 162 valence electrons. The van der Waals surface area contributed by atoms with Gasteiger partial charge in [0.15, 0.2) is 11.0 Å². The molecule has 1 N–H and O–H groups in total. The van der Waals surface area contributed by atoms with Crippen molar-refractivity contribution in [2.24, 2.45) is 7.05 Å². The normalized spacial score (nSPS) is 11.7. The minimum absolute atomic E-state index is 0.0998. The summed E-state index contributed by atoms with van der Waals surface area (Å²) in [5, 5.41) is 11.8. The van der Waals surface area contributed by atoms with E-state index in [1.807, 2.05) is 103 Å². The molecule has 1 atom stereocenters. The number of thioether (sulfide) groups is 1. The number of carbonyl (C=O) groups is 1. The Hall–Kier alpha value is -3.58. The Morgan fingerprint density at radius 3 is 2.31 bits per heavy atom. The molecule has 1 aromatic heterocycles. The number of amides is 1. The van der Waals surface area contributed by atoms with Crippen molar-refractivity contribution >= 4 is 23.4 Å². The van der Waals surface area contributed by atoms with E-state index in [0.717, 1.165) is 28.4 Å². The number of anilines is 1. The summed E-state index contributed by atoms with van der Waals surface area (Å²) in [5.74, 6) is 1.42. The number of carbonyl (C=O) groups excluding carboxylic acids is 1. The number of rotatable bonds is 8. The first-order valence-electron chi connectivity index (χ1n) is 10.3. The van der Waals surface area contributed by atoms with E-state index in [4.69, 9.17) is 4.74 Å². The fraction of sp³-hybridized carbons (Fsp3) is 0.160. The van der Waals surface area contributed by atoms with Crippen LogP contribution in [0, 0.1) is 0 Å². The zero-order chi connectivity index (χ0) is 22.3. The molecule has 0 radical (unpaired) electrons. The molecule has 4 aromatic rings. The Morgan fingerprint density at radius 2 is 1.62 bits per heavy atom. The first-order chi connectivity index (χ1) is 15.6. The van der Waals surface area contributed by atoms with Crippen LogP contribution in [0.2, 0.25) is 0 Å². The van der Waals surface area contributed by atoms with Gasteiger partial charge < -0.3 is 14.6 Å². The van der Waals surface area contributed by atoms with Crippen LogP contribution in [-0.2, 0) is 18.4 Å². The monoisotopic (exact) mass is 444 g/mol. The molecule has 32 heavy (non-hydrogen) atoms. The minimum Gasteiger partial charge on any atom is -0.489 e. The molecule has 0 aliphatic rings. The molecule has 7 heteroatoms. The zero-order valence-corrected chi connectivity index (χ0v) is 18.8. The summed E-state index contributed by atoms with van der Waals surface area (Å²) >= 11 is 1.37. The summed E-state index contributed by atoms with van der Waals surface area (Å²) in [4.78, 5) is 12.7. The third-order valence-corrected chi connectivity index (χ3v) is 6.02. The molecule has 1 heterocycles. The predicted octanol–water partition coefficient (Wildman–Crippen LogP) is 5.18. The molecule has 0 saturated carbocycles. The second-order valence-corrected chi connectivity index (χ2v) is 8.59. The quantitative estimate of drug-likeness (QED) is 0.379. The standard InChI is InChI=1S/C25H24N4O2S/c1-18(32-25-28-27-23(29(25)2)20-11-7-4-8-12-20)24(30)26-21-13-15-22(16-14-21)31-17-19-9-5-3-6-10-19/h3-16,18H,17H2,1-2H3,(H,26,30). The van der Waals surface area contributed by atoms with Gasteiger partial charge in [0.1, 0.15) is 12.4 Å². The molecule has 0 spiro atoms. The summed E-state index contributed by atoms with van der Waals surface area (Å²) in [6, 6.07) is 27.2. The fourth-order valence-electron chi connectivity index (χ4n) is 3.09. The molecule has 1 unspecified atom stereocenters. The fourth-order valence-corrected chi connectivity index (χ4v) is 3.90. The maximum absolute atomic E-state index is 12.7. The van der Waals surface area contributed by atoms with Crippen LogP contribution < -0.4 is 10.1 Å². The lowest BCUT2D eigenvalue weighted by Gasteiger charge is -2.12. The van der Waals surface area contributed by atoms with Gasteiger partial charge in [-0.25, -0.2) is 0 Å². The Morgan fingerprint density at radius 1 is 0.969 bits per heavy atom. The van der Waals surface area contributed by atoms with Crippen LogP contribution >= 0.6 is 11.8 Å². The second kappa shape index (κ2) is 10.2. The molecule has 1 amide bonds. The van der Waals surface area contributed by atoms with Gasteiger partial charge in [-0.15, -0.1) is 10.2 Å². The molecule has 6 nitrogen and oxygen atoms in total. The Balaban J connectivity index is 1.32. The zero-order valence-electron chi connectivity index (χ0n) is 17.9. The molecule has 3 aromatic carbocycles. The van der Waals surface area contributed by atoms with Gasteiger partial charge in [-0.2, -0.15) is 0 Å². The number of ether oxygens (including phenoxy) is 1. The molecular formula is C25H24N4O2S. The number of nitrogens with one attached hydrogen (secondary N) is 1. The number of benzene rings is 3. The predicted molar refractivity (Wildman–Crippen MR) is 128 cm³/mol. The maximum atomic E-state index is 12.7. The summed E-state index contributed by atoms with van der Waals surface area (Å²) in [6.07, 6.45) is 0. The van der Waals surface area contributed by atoms with Crippen LogP contribution in [0.25, 0.3) is 11.4 Å². The second-order valence-electron chi connectivity index (χ2n) is 7.28. The molecule has 0 aliphatic heterocycles. The van der Waals surface area contributed by atoms with Gasteiger partial charge >= 0.3 is 0 Å². The average Bonchev–Trinajstić information content (AvgIpc) is 3.19. The molecular weight excluding hydrogens is 420 g/mol. The lowest BCUT2D eigenvalue weighted by atomic mass is 10.2. The molecule has 0 saturated heterocycles. The van der Waals surface area contributed by atoms with Gasteiger partial charge in [0.05, 0.1) is 5.25 Å². The first-order valence-corrected chi connectivity index (χ1v) is 11.2. The Kier molecular flexibility index (Phi) is 6.87. The minimum atomic E-state index is -0.337. The highest BCUT2D eigenvalue weighted by molar-refractivity contribution is 8.00. The summed E-state index contributed by atoms with van der Waals surface area (Å²) in [5.41, 5.74) is 2.81. The highest BCUT2D eigenvalue weighted by Crippen LogP contribution is 2.26. The van der Waals surface area contributed by atoms with Gasteiger partial charge in [-0.1, -0.05) is 72.4 Å². The third-order valence-electron chi connectivity index (χ3n) is 4.89. The third kappa shape index (κ3) is 5.36. The summed E-state index contributed by atoms with van der Waals surface area (Å²) in [6.45, 7) is 2.36. The van der Waals surface area contributed by atoms with Crippen molar-refractivity contribution in [1.82, 2.24) is 14.8 Å². The van der Waals surface area contributed by atoms with E-state index < -0.39 is 0 Å². The van der Waals surface area contributed by atoms with Crippen LogP contribution in [0.5, 0.6) is 5.75 Å². The number of hydrogen-bond acceptors (Lipinski definition) is 5. The number of hydrogen-bond donors (Lipinski definition) is 1. The molecule has 0 fully saturated rings.